The molecule has 0 saturated heterocycles. The lowest BCUT2D eigenvalue weighted by Crippen LogP contribution is -2.37. The second-order valence-electron chi connectivity index (χ2n) is 5.72. The van der Waals surface area contributed by atoms with E-state index in [0.29, 0.717) is 11.3 Å². The molecule has 0 bridgehead atoms. The first kappa shape index (κ1) is 17.5. The molecular weight excluding hydrogens is 292 g/mol. The van der Waals surface area contributed by atoms with Gasteiger partial charge in [-0.05, 0) is 45.4 Å². The number of hydrogen-bond donors (Lipinski definition) is 2. The van der Waals surface area contributed by atoms with Crippen molar-refractivity contribution in [2.75, 3.05) is 11.8 Å². The normalized spacial score (nSPS) is 12.7. The van der Waals surface area contributed by atoms with Gasteiger partial charge in [0.05, 0.1) is 5.41 Å². The minimum absolute atomic E-state index is 0.160. The van der Waals surface area contributed by atoms with Gasteiger partial charge in [0.25, 0.3) is 0 Å². The number of carboxylic acids is 1. The lowest BCUT2D eigenvalue weighted by molar-refractivity contribution is -0.142. The Kier molecular flexibility index (Phi) is 5.01. The Labute approximate surface area is 126 Å². The molecule has 0 saturated carbocycles. The summed E-state index contributed by atoms with van der Waals surface area (Å²) < 4.78 is 27.8. The summed E-state index contributed by atoms with van der Waals surface area (Å²) >= 11 is 0. The zero-order valence-corrected chi connectivity index (χ0v) is 13.7. The van der Waals surface area contributed by atoms with Crippen molar-refractivity contribution in [3.8, 4) is 0 Å². The average Bonchev–Trinajstić information content (AvgIpc) is 2.37. The van der Waals surface area contributed by atoms with Crippen molar-refractivity contribution in [3.05, 3.63) is 29.8 Å². The van der Waals surface area contributed by atoms with Crippen LogP contribution in [0.15, 0.2) is 24.3 Å². The van der Waals surface area contributed by atoms with Gasteiger partial charge in [-0.1, -0.05) is 12.1 Å². The van der Waals surface area contributed by atoms with Crippen LogP contribution in [0.5, 0.6) is 0 Å². The summed E-state index contributed by atoms with van der Waals surface area (Å²) in [5.74, 6) is -0.935. The van der Waals surface area contributed by atoms with Crippen molar-refractivity contribution in [3.63, 3.8) is 0 Å². The van der Waals surface area contributed by atoms with E-state index in [2.05, 4.69) is 4.72 Å². The van der Waals surface area contributed by atoms with Crippen molar-refractivity contribution in [1.82, 2.24) is 4.31 Å². The van der Waals surface area contributed by atoms with Crippen LogP contribution in [-0.4, -0.2) is 36.9 Å². The fourth-order valence-electron chi connectivity index (χ4n) is 1.58. The third kappa shape index (κ3) is 3.95. The van der Waals surface area contributed by atoms with Gasteiger partial charge in [-0.15, -0.1) is 0 Å². The van der Waals surface area contributed by atoms with Gasteiger partial charge in [-0.2, -0.15) is 12.7 Å². The first-order valence-corrected chi connectivity index (χ1v) is 8.02. The predicted molar refractivity (Wildman–Crippen MR) is 82.5 cm³/mol. The van der Waals surface area contributed by atoms with E-state index in [4.69, 9.17) is 5.11 Å². The van der Waals surface area contributed by atoms with E-state index in [1.165, 1.54) is 11.4 Å². The molecule has 1 aromatic carbocycles. The predicted octanol–water partition coefficient (Wildman–Crippen LogP) is 2.05. The van der Waals surface area contributed by atoms with Crippen LogP contribution in [0.25, 0.3) is 0 Å². The minimum atomic E-state index is -3.61. The molecule has 118 valence electrons. The summed E-state index contributed by atoms with van der Waals surface area (Å²) in [4.78, 5) is 11.2. The summed E-state index contributed by atoms with van der Waals surface area (Å²) in [5.41, 5.74) is -0.0193. The summed E-state index contributed by atoms with van der Waals surface area (Å²) in [6.45, 7) is 6.75. The molecule has 2 N–H and O–H groups in total. The molecule has 0 spiro atoms. The summed E-state index contributed by atoms with van der Waals surface area (Å²) in [6.07, 6.45) is 0. The lowest BCUT2D eigenvalue weighted by Gasteiger charge is -2.23. The highest BCUT2D eigenvalue weighted by Gasteiger charge is 2.29. The van der Waals surface area contributed by atoms with Gasteiger partial charge in [0.15, 0.2) is 0 Å². The van der Waals surface area contributed by atoms with E-state index in [0.717, 1.165) is 0 Å². The third-order valence-corrected chi connectivity index (χ3v) is 5.17. The topological polar surface area (TPSA) is 86.7 Å². The first-order valence-electron chi connectivity index (χ1n) is 6.58. The first-order chi connectivity index (χ1) is 9.48. The highest BCUT2D eigenvalue weighted by molar-refractivity contribution is 7.90. The average molecular weight is 314 g/mol. The Bertz CT molecular complexity index is 606. The van der Waals surface area contributed by atoms with Gasteiger partial charge >= 0.3 is 16.2 Å². The number of aliphatic carboxylic acids is 1. The number of hydrogen-bond acceptors (Lipinski definition) is 3. The molecule has 7 heteroatoms. The lowest BCUT2D eigenvalue weighted by atomic mass is 9.85. The van der Waals surface area contributed by atoms with Crippen LogP contribution in [0.3, 0.4) is 0 Å². The van der Waals surface area contributed by atoms with Crippen LogP contribution < -0.4 is 4.72 Å². The molecule has 0 aromatic heterocycles. The molecule has 0 aliphatic carbocycles. The molecule has 1 aromatic rings. The molecule has 0 radical (unpaired) electrons. The Hall–Kier alpha value is -1.60. The number of benzene rings is 1. The van der Waals surface area contributed by atoms with Crippen LogP contribution in [-0.2, 0) is 20.4 Å². The van der Waals surface area contributed by atoms with Crippen LogP contribution >= 0.6 is 0 Å². The molecule has 6 nitrogen and oxygen atoms in total. The minimum Gasteiger partial charge on any atom is -0.481 e. The molecule has 0 heterocycles. The second-order valence-corrected chi connectivity index (χ2v) is 7.45. The third-order valence-electron chi connectivity index (χ3n) is 3.49. The van der Waals surface area contributed by atoms with E-state index < -0.39 is 21.6 Å². The van der Waals surface area contributed by atoms with Crippen molar-refractivity contribution in [2.45, 2.75) is 39.2 Å². The van der Waals surface area contributed by atoms with E-state index in [1.54, 1.807) is 52.0 Å². The van der Waals surface area contributed by atoms with Crippen LogP contribution in [0, 0.1) is 0 Å². The summed E-state index contributed by atoms with van der Waals surface area (Å²) in [7, 11) is -2.12. The Balaban J connectivity index is 2.97. The van der Waals surface area contributed by atoms with Crippen molar-refractivity contribution in [2.24, 2.45) is 0 Å². The fourth-order valence-corrected chi connectivity index (χ4v) is 2.71. The van der Waals surface area contributed by atoms with E-state index >= 15 is 0 Å². The van der Waals surface area contributed by atoms with Crippen LogP contribution in [0.2, 0.25) is 0 Å². The van der Waals surface area contributed by atoms with E-state index in [1.807, 2.05) is 0 Å². The van der Waals surface area contributed by atoms with Crippen molar-refractivity contribution >= 4 is 21.9 Å². The molecule has 1 rings (SSSR count). The molecule has 0 aliphatic rings. The number of nitrogens with zero attached hydrogens (tertiary/aromatic N) is 1. The molecule has 21 heavy (non-hydrogen) atoms. The van der Waals surface area contributed by atoms with Gasteiger partial charge in [0.2, 0.25) is 0 Å². The number of anilines is 1. The van der Waals surface area contributed by atoms with Gasteiger partial charge in [0, 0.05) is 18.8 Å². The molecular formula is C14H22N2O4S. The smallest absolute Gasteiger partial charge is 0.313 e. The summed E-state index contributed by atoms with van der Waals surface area (Å²) in [6, 6.07) is 6.19. The van der Waals surface area contributed by atoms with Gasteiger partial charge < -0.3 is 5.11 Å². The quantitative estimate of drug-likeness (QED) is 0.841. The van der Waals surface area contributed by atoms with Crippen LogP contribution in [0.4, 0.5) is 5.69 Å². The van der Waals surface area contributed by atoms with Crippen LogP contribution in [0.1, 0.15) is 33.3 Å². The highest BCUT2D eigenvalue weighted by Crippen LogP contribution is 2.25. The Morgan fingerprint density at radius 2 is 1.71 bits per heavy atom. The number of rotatable bonds is 6. The zero-order chi connectivity index (χ0) is 16.4. The number of carbonyl (C=O) groups is 1. The van der Waals surface area contributed by atoms with E-state index in [9.17, 15) is 13.2 Å². The zero-order valence-electron chi connectivity index (χ0n) is 12.9. The fraction of sp³-hybridized carbons (Fsp3) is 0.500. The molecule has 0 unspecified atom stereocenters. The Morgan fingerprint density at radius 3 is 2.10 bits per heavy atom. The second kappa shape index (κ2) is 6.03. The molecule has 0 aliphatic heterocycles. The maximum atomic E-state index is 12.1. The summed E-state index contributed by atoms with van der Waals surface area (Å²) in [5, 5.41) is 9.17. The number of nitrogens with one attached hydrogen (secondary N) is 1. The molecule has 0 fully saturated rings. The van der Waals surface area contributed by atoms with Crippen molar-refractivity contribution < 1.29 is 18.3 Å². The van der Waals surface area contributed by atoms with Gasteiger partial charge in [0.1, 0.15) is 0 Å². The standard InChI is InChI=1S/C14H22N2O4S/c1-10(2)16(5)21(19,20)15-12-8-6-11(7-9-12)14(3,4)13(17)18/h6-10,15H,1-5H3,(H,17,18). The number of carboxylic acid groups (broad SMARTS) is 1. The van der Waals surface area contributed by atoms with E-state index in [-0.39, 0.29) is 6.04 Å². The van der Waals surface area contributed by atoms with Crippen molar-refractivity contribution in [1.29, 1.82) is 0 Å². The maximum absolute atomic E-state index is 12.1. The van der Waals surface area contributed by atoms with Gasteiger partial charge in [-0.25, -0.2) is 0 Å². The van der Waals surface area contributed by atoms with Gasteiger partial charge in [-0.3, -0.25) is 9.52 Å². The Morgan fingerprint density at radius 1 is 1.24 bits per heavy atom. The monoisotopic (exact) mass is 314 g/mol. The maximum Gasteiger partial charge on any atom is 0.313 e. The highest BCUT2D eigenvalue weighted by atomic mass is 32.2. The molecule has 0 amide bonds. The largest absolute Gasteiger partial charge is 0.481 e. The molecule has 0 atom stereocenters. The SMILES string of the molecule is CC(C)N(C)S(=O)(=O)Nc1ccc(C(C)(C)C(=O)O)cc1.